The number of aryl methyl sites for hydroxylation is 1. The fraction of sp³-hybridized carbons (Fsp3) is 0.174. The van der Waals surface area contributed by atoms with E-state index < -0.39 is 11.9 Å². The molecule has 1 amide bonds. The SMILES string of the molecule is Cc1ccc(N2CC(C(=O)Oc3ccc(Oc4ccccn4)cc3)CC2=O)cc1. The van der Waals surface area contributed by atoms with Crippen LogP contribution in [0.15, 0.2) is 72.9 Å². The Bertz CT molecular complexity index is 1000. The lowest BCUT2D eigenvalue weighted by Gasteiger charge is -2.16. The molecule has 1 saturated heterocycles. The van der Waals surface area contributed by atoms with E-state index in [9.17, 15) is 9.59 Å². The van der Waals surface area contributed by atoms with Crippen molar-refractivity contribution in [1.29, 1.82) is 0 Å². The molecular weight excluding hydrogens is 368 g/mol. The Balaban J connectivity index is 1.37. The molecule has 4 rings (SSSR count). The standard InChI is InChI=1S/C23H20N2O4/c1-16-5-7-18(8-6-16)25-15-17(14-22(25)26)23(27)29-20-11-9-19(10-12-20)28-21-4-2-3-13-24-21/h2-13,17H,14-15H2,1H3. The number of amides is 1. The molecular formula is C23H20N2O4. The third-order valence-electron chi connectivity index (χ3n) is 4.71. The molecule has 1 aliphatic heterocycles. The van der Waals surface area contributed by atoms with Crippen molar-refractivity contribution in [3.05, 3.63) is 78.5 Å². The van der Waals surface area contributed by atoms with Crippen LogP contribution < -0.4 is 14.4 Å². The third-order valence-corrected chi connectivity index (χ3v) is 4.71. The van der Waals surface area contributed by atoms with Gasteiger partial charge >= 0.3 is 5.97 Å². The van der Waals surface area contributed by atoms with Gasteiger partial charge in [0.05, 0.1) is 5.92 Å². The van der Waals surface area contributed by atoms with E-state index in [1.807, 2.05) is 43.3 Å². The minimum atomic E-state index is -0.492. The lowest BCUT2D eigenvalue weighted by Crippen LogP contribution is -2.27. The van der Waals surface area contributed by atoms with E-state index in [2.05, 4.69) is 4.98 Å². The fourth-order valence-corrected chi connectivity index (χ4v) is 3.14. The maximum atomic E-state index is 12.5. The average molecular weight is 388 g/mol. The molecule has 1 fully saturated rings. The summed E-state index contributed by atoms with van der Waals surface area (Å²) in [6, 6.07) is 19.8. The molecule has 29 heavy (non-hydrogen) atoms. The molecule has 0 bridgehead atoms. The van der Waals surface area contributed by atoms with Gasteiger partial charge in [-0.05, 0) is 49.4 Å². The largest absolute Gasteiger partial charge is 0.439 e. The molecule has 1 unspecified atom stereocenters. The zero-order chi connectivity index (χ0) is 20.2. The van der Waals surface area contributed by atoms with Crippen LogP contribution in [0.25, 0.3) is 0 Å². The Labute approximate surface area is 168 Å². The van der Waals surface area contributed by atoms with Gasteiger partial charge in [0.15, 0.2) is 0 Å². The number of rotatable bonds is 5. The zero-order valence-electron chi connectivity index (χ0n) is 15.9. The first-order chi connectivity index (χ1) is 14.1. The number of benzene rings is 2. The second-order valence-electron chi connectivity index (χ2n) is 6.90. The van der Waals surface area contributed by atoms with Crippen LogP contribution in [0.1, 0.15) is 12.0 Å². The topological polar surface area (TPSA) is 68.7 Å². The molecule has 6 nitrogen and oxygen atoms in total. The minimum absolute atomic E-state index is 0.0742. The average Bonchev–Trinajstić information content (AvgIpc) is 3.13. The Kier molecular flexibility index (Phi) is 5.24. The highest BCUT2D eigenvalue weighted by Gasteiger charge is 2.36. The smallest absolute Gasteiger partial charge is 0.316 e. The first-order valence-corrected chi connectivity index (χ1v) is 9.36. The molecule has 3 aromatic rings. The van der Waals surface area contributed by atoms with Gasteiger partial charge in [-0.1, -0.05) is 23.8 Å². The van der Waals surface area contributed by atoms with Crippen LogP contribution in [0.2, 0.25) is 0 Å². The number of pyridine rings is 1. The van der Waals surface area contributed by atoms with Crippen molar-refractivity contribution in [2.24, 2.45) is 5.92 Å². The molecule has 2 heterocycles. The van der Waals surface area contributed by atoms with Gasteiger partial charge in [-0.3, -0.25) is 9.59 Å². The van der Waals surface area contributed by atoms with Crippen LogP contribution in [-0.4, -0.2) is 23.4 Å². The highest BCUT2D eigenvalue weighted by Crippen LogP contribution is 2.28. The number of esters is 1. The number of carbonyl (C=O) groups excluding carboxylic acids is 2. The molecule has 1 aliphatic rings. The van der Waals surface area contributed by atoms with Crippen molar-refractivity contribution in [2.45, 2.75) is 13.3 Å². The second-order valence-corrected chi connectivity index (χ2v) is 6.90. The Morgan fingerprint density at radius 2 is 1.72 bits per heavy atom. The molecule has 0 spiro atoms. The number of carbonyl (C=O) groups is 2. The Hall–Kier alpha value is -3.67. The van der Waals surface area contributed by atoms with Crippen molar-refractivity contribution in [1.82, 2.24) is 4.98 Å². The van der Waals surface area contributed by atoms with Crippen molar-refractivity contribution in [2.75, 3.05) is 11.4 Å². The van der Waals surface area contributed by atoms with Gasteiger partial charge in [0.2, 0.25) is 11.8 Å². The highest BCUT2D eigenvalue weighted by molar-refractivity contribution is 5.99. The van der Waals surface area contributed by atoms with Gasteiger partial charge in [0.1, 0.15) is 11.5 Å². The van der Waals surface area contributed by atoms with Crippen molar-refractivity contribution in [3.63, 3.8) is 0 Å². The summed E-state index contributed by atoms with van der Waals surface area (Å²) < 4.78 is 11.1. The first-order valence-electron chi connectivity index (χ1n) is 9.36. The minimum Gasteiger partial charge on any atom is -0.439 e. The van der Waals surface area contributed by atoms with Crippen LogP contribution in [0.3, 0.4) is 0 Å². The van der Waals surface area contributed by atoms with Gasteiger partial charge in [0, 0.05) is 30.9 Å². The summed E-state index contributed by atoms with van der Waals surface area (Å²) in [7, 11) is 0. The van der Waals surface area contributed by atoms with Crippen LogP contribution in [0.5, 0.6) is 17.4 Å². The van der Waals surface area contributed by atoms with E-state index >= 15 is 0 Å². The van der Waals surface area contributed by atoms with Crippen LogP contribution in [0, 0.1) is 12.8 Å². The summed E-state index contributed by atoms with van der Waals surface area (Å²) in [5.41, 5.74) is 1.92. The summed E-state index contributed by atoms with van der Waals surface area (Å²) in [6.07, 6.45) is 1.79. The maximum absolute atomic E-state index is 12.5. The molecule has 0 aliphatic carbocycles. The van der Waals surface area contributed by atoms with Crippen LogP contribution in [-0.2, 0) is 9.59 Å². The number of anilines is 1. The molecule has 6 heteroatoms. The summed E-state index contributed by atoms with van der Waals surface area (Å²) in [4.78, 5) is 30.6. The molecule has 0 N–H and O–H groups in total. The van der Waals surface area contributed by atoms with Crippen LogP contribution in [0.4, 0.5) is 5.69 Å². The predicted molar refractivity (Wildman–Crippen MR) is 108 cm³/mol. The van der Waals surface area contributed by atoms with E-state index in [1.54, 1.807) is 41.4 Å². The fourth-order valence-electron chi connectivity index (χ4n) is 3.14. The lowest BCUT2D eigenvalue weighted by atomic mass is 10.1. The van der Waals surface area contributed by atoms with E-state index in [-0.39, 0.29) is 12.3 Å². The summed E-state index contributed by atoms with van der Waals surface area (Å²) in [5, 5.41) is 0. The van der Waals surface area contributed by atoms with Gasteiger partial charge in [-0.15, -0.1) is 0 Å². The quantitative estimate of drug-likeness (QED) is 0.485. The number of hydrogen-bond acceptors (Lipinski definition) is 5. The third kappa shape index (κ3) is 4.43. The number of hydrogen-bond donors (Lipinski definition) is 0. The normalized spacial score (nSPS) is 16.0. The zero-order valence-corrected chi connectivity index (χ0v) is 15.9. The lowest BCUT2D eigenvalue weighted by molar-refractivity contribution is -0.139. The van der Waals surface area contributed by atoms with Gasteiger partial charge < -0.3 is 14.4 Å². The number of ether oxygens (including phenoxy) is 2. The van der Waals surface area contributed by atoms with E-state index in [4.69, 9.17) is 9.47 Å². The monoisotopic (exact) mass is 388 g/mol. The second kappa shape index (κ2) is 8.14. The molecule has 0 saturated carbocycles. The van der Waals surface area contributed by atoms with E-state index in [0.29, 0.717) is 23.9 Å². The maximum Gasteiger partial charge on any atom is 0.316 e. The Morgan fingerprint density at radius 1 is 1.00 bits per heavy atom. The van der Waals surface area contributed by atoms with E-state index in [1.165, 1.54) is 0 Å². The summed E-state index contributed by atoms with van der Waals surface area (Å²) in [6.45, 7) is 2.31. The summed E-state index contributed by atoms with van der Waals surface area (Å²) in [5.74, 6) is 0.502. The molecule has 1 aromatic heterocycles. The van der Waals surface area contributed by atoms with E-state index in [0.717, 1.165) is 11.3 Å². The number of aromatic nitrogens is 1. The van der Waals surface area contributed by atoms with Crippen molar-refractivity contribution in [3.8, 4) is 17.4 Å². The predicted octanol–water partition coefficient (Wildman–Crippen LogP) is 4.14. The molecule has 1 atom stereocenters. The van der Waals surface area contributed by atoms with Crippen LogP contribution >= 0.6 is 0 Å². The highest BCUT2D eigenvalue weighted by atomic mass is 16.5. The number of nitrogens with zero attached hydrogens (tertiary/aromatic N) is 2. The van der Waals surface area contributed by atoms with Crippen molar-refractivity contribution < 1.29 is 19.1 Å². The van der Waals surface area contributed by atoms with Gasteiger partial charge in [-0.25, -0.2) is 4.98 Å². The molecule has 2 aromatic carbocycles. The van der Waals surface area contributed by atoms with Gasteiger partial charge in [-0.2, -0.15) is 0 Å². The van der Waals surface area contributed by atoms with Gasteiger partial charge in [0.25, 0.3) is 0 Å². The Morgan fingerprint density at radius 3 is 2.41 bits per heavy atom. The molecule has 146 valence electrons. The first kappa shape index (κ1) is 18.7. The molecule has 0 radical (unpaired) electrons. The van der Waals surface area contributed by atoms with Crippen molar-refractivity contribution >= 4 is 17.6 Å². The summed E-state index contributed by atoms with van der Waals surface area (Å²) >= 11 is 0.